The molecule has 0 aromatic carbocycles. The first-order chi connectivity index (χ1) is 9.15. The van der Waals surface area contributed by atoms with Gasteiger partial charge in [0.2, 0.25) is 5.91 Å². The molecular formula is C14H28N4O. The molecule has 0 bridgehead atoms. The summed E-state index contributed by atoms with van der Waals surface area (Å²) in [7, 11) is 2.16. The molecule has 2 aliphatic heterocycles. The molecule has 2 atom stereocenters. The van der Waals surface area contributed by atoms with E-state index in [0.717, 1.165) is 52.0 Å². The minimum Gasteiger partial charge on any atom is -0.352 e. The van der Waals surface area contributed by atoms with Crippen molar-refractivity contribution >= 4 is 5.91 Å². The second kappa shape index (κ2) is 7.22. The number of hydrogen-bond acceptors (Lipinski definition) is 4. The van der Waals surface area contributed by atoms with Gasteiger partial charge in [0.25, 0.3) is 0 Å². The van der Waals surface area contributed by atoms with Crippen molar-refractivity contribution in [2.24, 2.45) is 0 Å². The van der Waals surface area contributed by atoms with Gasteiger partial charge < -0.3 is 15.5 Å². The Hall–Kier alpha value is -0.650. The quantitative estimate of drug-likeness (QED) is 0.749. The number of likely N-dealkylation sites (tertiary alicyclic amines) is 1. The van der Waals surface area contributed by atoms with Crippen LogP contribution in [0.1, 0.15) is 26.2 Å². The van der Waals surface area contributed by atoms with Crippen LogP contribution in [0.4, 0.5) is 0 Å². The lowest BCUT2D eigenvalue weighted by molar-refractivity contribution is -0.123. The Kier molecular flexibility index (Phi) is 5.60. The van der Waals surface area contributed by atoms with Crippen LogP contribution in [0, 0.1) is 0 Å². The molecule has 5 nitrogen and oxygen atoms in total. The van der Waals surface area contributed by atoms with Crippen LogP contribution < -0.4 is 10.6 Å². The number of carbonyl (C=O) groups is 1. The molecule has 2 unspecified atom stereocenters. The third-order valence-corrected chi connectivity index (χ3v) is 4.37. The highest BCUT2D eigenvalue weighted by atomic mass is 16.2. The van der Waals surface area contributed by atoms with Crippen molar-refractivity contribution in [3.05, 3.63) is 0 Å². The molecule has 2 saturated heterocycles. The van der Waals surface area contributed by atoms with Crippen molar-refractivity contribution in [2.45, 2.75) is 38.3 Å². The molecule has 2 fully saturated rings. The van der Waals surface area contributed by atoms with Crippen LogP contribution in [0.25, 0.3) is 0 Å². The van der Waals surface area contributed by atoms with Crippen molar-refractivity contribution in [3.63, 3.8) is 0 Å². The number of carbonyl (C=O) groups excluding carboxylic acids is 1. The minimum atomic E-state index is 0.198. The molecule has 0 radical (unpaired) electrons. The largest absolute Gasteiger partial charge is 0.352 e. The van der Waals surface area contributed by atoms with Gasteiger partial charge in [-0.1, -0.05) is 0 Å². The van der Waals surface area contributed by atoms with Crippen LogP contribution in [0.2, 0.25) is 0 Å². The van der Waals surface area contributed by atoms with Gasteiger partial charge in [-0.2, -0.15) is 0 Å². The van der Waals surface area contributed by atoms with E-state index in [4.69, 9.17) is 0 Å². The van der Waals surface area contributed by atoms with Gasteiger partial charge in [-0.05, 0) is 46.3 Å². The first-order valence-corrected chi connectivity index (χ1v) is 7.58. The highest BCUT2D eigenvalue weighted by molar-refractivity contribution is 5.78. The van der Waals surface area contributed by atoms with E-state index < -0.39 is 0 Å². The molecular weight excluding hydrogens is 240 g/mol. The molecule has 5 heteroatoms. The lowest BCUT2D eigenvalue weighted by Crippen LogP contribution is -2.49. The van der Waals surface area contributed by atoms with Crippen LogP contribution in [-0.2, 0) is 4.79 Å². The molecule has 19 heavy (non-hydrogen) atoms. The van der Waals surface area contributed by atoms with Crippen LogP contribution in [0.3, 0.4) is 0 Å². The van der Waals surface area contributed by atoms with Gasteiger partial charge in [-0.15, -0.1) is 0 Å². The van der Waals surface area contributed by atoms with E-state index in [0.29, 0.717) is 18.6 Å². The van der Waals surface area contributed by atoms with Gasteiger partial charge in [0.1, 0.15) is 0 Å². The van der Waals surface area contributed by atoms with E-state index in [1.54, 1.807) is 0 Å². The van der Waals surface area contributed by atoms with Crippen molar-refractivity contribution in [1.29, 1.82) is 0 Å². The smallest absolute Gasteiger partial charge is 0.234 e. The summed E-state index contributed by atoms with van der Waals surface area (Å²) >= 11 is 0. The summed E-state index contributed by atoms with van der Waals surface area (Å²) < 4.78 is 0. The number of hydrogen-bond donors (Lipinski definition) is 2. The van der Waals surface area contributed by atoms with E-state index >= 15 is 0 Å². The third kappa shape index (κ3) is 4.75. The van der Waals surface area contributed by atoms with E-state index in [1.165, 1.54) is 0 Å². The van der Waals surface area contributed by atoms with E-state index in [-0.39, 0.29) is 5.91 Å². The van der Waals surface area contributed by atoms with E-state index in [1.807, 2.05) is 0 Å². The Morgan fingerprint density at radius 2 is 2.16 bits per heavy atom. The molecule has 0 aromatic rings. The fourth-order valence-corrected chi connectivity index (χ4v) is 2.96. The third-order valence-electron chi connectivity index (χ3n) is 4.37. The lowest BCUT2D eigenvalue weighted by atomic mass is 9.99. The van der Waals surface area contributed by atoms with Gasteiger partial charge in [-0.25, -0.2) is 0 Å². The summed E-state index contributed by atoms with van der Waals surface area (Å²) in [5, 5.41) is 6.57. The lowest BCUT2D eigenvalue weighted by Gasteiger charge is -2.35. The zero-order valence-corrected chi connectivity index (χ0v) is 12.3. The fraction of sp³-hybridized carbons (Fsp3) is 0.929. The Morgan fingerprint density at radius 3 is 2.95 bits per heavy atom. The van der Waals surface area contributed by atoms with Gasteiger partial charge in [0.05, 0.1) is 6.54 Å². The first-order valence-electron chi connectivity index (χ1n) is 7.58. The predicted molar refractivity (Wildman–Crippen MR) is 77.2 cm³/mol. The molecule has 0 spiro atoms. The Labute approximate surface area is 116 Å². The van der Waals surface area contributed by atoms with Gasteiger partial charge in [0.15, 0.2) is 0 Å². The van der Waals surface area contributed by atoms with E-state index in [9.17, 15) is 4.79 Å². The van der Waals surface area contributed by atoms with Gasteiger partial charge in [-0.3, -0.25) is 9.69 Å². The molecule has 0 aromatic heterocycles. The Bertz CT molecular complexity index is 289. The summed E-state index contributed by atoms with van der Waals surface area (Å²) in [4.78, 5) is 16.7. The topological polar surface area (TPSA) is 47.6 Å². The standard InChI is InChI=1S/C14H28N4O/c1-12-10-13(4-8-17(12)2)16-14(19)11-18-7-3-5-15-6-9-18/h12-13,15H,3-11H2,1-2H3,(H,16,19). The summed E-state index contributed by atoms with van der Waals surface area (Å²) in [6.07, 6.45) is 3.29. The van der Waals surface area contributed by atoms with Crippen molar-refractivity contribution in [2.75, 3.05) is 46.3 Å². The number of piperidine rings is 1. The molecule has 0 saturated carbocycles. The monoisotopic (exact) mass is 268 g/mol. The van der Waals surface area contributed by atoms with Gasteiger partial charge in [0, 0.05) is 31.7 Å². The molecule has 1 amide bonds. The van der Waals surface area contributed by atoms with Crippen LogP contribution in [-0.4, -0.2) is 74.1 Å². The Morgan fingerprint density at radius 1 is 1.32 bits per heavy atom. The van der Waals surface area contributed by atoms with Crippen LogP contribution in [0.5, 0.6) is 0 Å². The molecule has 0 aliphatic carbocycles. The highest BCUT2D eigenvalue weighted by Gasteiger charge is 2.24. The first kappa shape index (κ1) is 14.8. The average Bonchev–Trinajstić information content (AvgIpc) is 2.62. The van der Waals surface area contributed by atoms with Crippen molar-refractivity contribution in [1.82, 2.24) is 20.4 Å². The normalized spacial score (nSPS) is 30.8. The number of nitrogens with one attached hydrogen (secondary N) is 2. The average molecular weight is 268 g/mol. The fourth-order valence-electron chi connectivity index (χ4n) is 2.96. The SMILES string of the molecule is CC1CC(NC(=O)CN2CCCNCC2)CCN1C. The molecule has 2 aliphatic rings. The molecule has 2 rings (SSSR count). The second-order valence-electron chi connectivity index (χ2n) is 6.00. The highest BCUT2D eigenvalue weighted by Crippen LogP contribution is 2.15. The van der Waals surface area contributed by atoms with Crippen molar-refractivity contribution < 1.29 is 4.79 Å². The summed E-state index contributed by atoms with van der Waals surface area (Å²) in [5.74, 6) is 0.198. The summed E-state index contributed by atoms with van der Waals surface area (Å²) in [6, 6.07) is 0.935. The van der Waals surface area contributed by atoms with Crippen molar-refractivity contribution in [3.8, 4) is 0 Å². The molecule has 110 valence electrons. The maximum Gasteiger partial charge on any atom is 0.234 e. The number of nitrogens with zero attached hydrogens (tertiary/aromatic N) is 2. The maximum atomic E-state index is 12.1. The zero-order chi connectivity index (χ0) is 13.7. The summed E-state index contributed by atoms with van der Waals surface area (Å²) in [6.45, 7) is 7.96. The van der Waals surface area contributed by atoms with E-state index in [2.05, 4.69) is 34.4 Å². The number of rotatable bonds is 3. The van der Waals surface area contributed by atoms with Gasteiger partial charge >= 0.3 is 0 Å². The predicted octanol–water partition coefficient (Wildman–Crippen LogP) is -0.119. The zero-order valence-electron chi connectivity index (χ0n) is 12.3. The molecule has 2 heterocycles. The maximum absolute atomic E-state index is 12.1. The van der Waals surface area contributed by atoms with Crippen LogP contribution in [0.15, 0.2) is 0 Å². The number of amides is 1. The molecule has 2 N–H and O–H groups in total. The van der Waals surface area contributed by atoms with Crippen LogP contribution >= 0.6 is 0 Å². The second-order valence-corrected chi connectivity index (χ2v) is 6.00. The summed E-state index contributed by atoms with van der Waals surface area (Å²) in [5.41, 5.74) is 0. The minimum absolute atomic E-state index is 0.198. The Balaban J connectivity index is 1.71.